The van der Waals surface area contributed by atoms with Crippen molar-refractivity contribution in [1.29, 1.82) is 0 Å². The van der Waals surface area contributed by atoms with Crippen LogP contribution >= 0.6 is 11.6 Å². The van der Waals surface area contributed by atoms with E-state index < -0.39 is 0 Å². The number of aromatic hydroxyl groups is 1. The number of hydrogen-bond donors (Lipinski definition) is 2. The number of carbonyl (C=O) groups is 1. The predicted octanol–water partition coefficient (Wildman–Crippen LogP) is 1.48. The summed E-state index contributed by atoms with van der Waals surface area (Å²) < 4.78 is 0. The number of amides is 1. The molecular formula is C13H15ClN2O2. The van der Waals surface area contributed by atoms with Gasteiger partial charge in [-0.2, -0.15) is 0 Å². The molecule has 5 heteroatoms. The second-order valence-corrected chi connectivity index (χ2v) is 5.35. The van der Waals surface area contributed by atoms with Crippen LogP contribution in [0.15, 0.2) is 18.2 Å². The molecule has 0 spiro atoms. The van der Waals surface area contributed by atoms with E-state index >= 15 is 0 Å². The summed E-state index contributed by atoms with van der Waals surface area (Å²) in [5.41, 5.74) is 0.547. The van der Waals surface area contributed by atoms with Crippen LogP contribution in [0.3, 0.4) is 0 Å². The van der Waals surface area contributed by atoms with Crippen molar-refractivity contribution in [2.45, 2.75) is 12.5 Å². The van der Waals surface area contributed by atoms with Crippen LogP contribution in [0.1, 0.15) is 16.8 Å². The van der Waals surface area contributed by atoms with Crippen LogP contribution in [-0.2, 0) is 0 Å². The average molecular weight is 267 g/mol. The smallest absolute Gasteiger partial charge is 0.254 e. The Morgan fingerprint density at radius 1 is 1.44 bits per heavy atom. The summed E-state index contributed by atoms with van der Waals surface area (Å²) >= 11 is 5.84. The van der Waals surface area contributed by atoms with Crippen molar-refractivity contribution < 1.29 is 9.90 Å². The van der Waals surface area contributed by atoms with Gasteiger partial charge in [-0.3, -0.25) is 4.79 Å². The Balaban J connectivity index is 1.84. The minimum absolute atomic E-state index is 0.00750. The highest BCUT2D eigenvalue weighted by Gasteiger charge is 2.40. The maximum atomic E-state index is 12.4. The Morgan fingerprint density at radius 2 is 2.28 bits per heavy atom. The maximum absolute atomic E-state index is 12.4. The summed E-state index contributed by atoms with van der Waals surface area (Å²) in [6.45, 7) is 2.70. The highest BCUT2D eigenvalue weighted by atomic mass is 35.5. The lowest BCUT2D eigenvalue weighted by Crippen LogP contribution is -2.39. The molecule has 2 saturated heterocycles. The molecule has 0 saturated carbocycles. The van der Waals surface area contributed by atoms with Crippen molar-refractivity contribution in [3.8, 4) is 5.75 Å². The van der Waals surface area contributed by atoms with Crippen LogP contribution in [0, 0.1) is 5.92 Å². The van der Waals surface area contributed by atoms with Crippen LogP contribution in [0.2, 0.25) is 5.02 Å². The summed E-state index contributed by atoms with van der Waals surface area (Å²) in [5, 5.41) is 12.9. The van der Waals surface area contributed by atoms with E-state index in [9.17, 15) is 9.90 Å². The highest BCUT2D eigenvalue weighted by Crippen LogP contribution is 2.30. The molecule has 0 unspecified atom stereocenters. The zero-order valence-electron chi connectivity index (χ0n) is 9.90. The first-order valence-electron chi connectivity index (χ1n) is 6.17. The van der Waals surface area contributed by atoms with E-state index in [1.165, 1.54) is 12.1 Å². The molecular weight excluding hydrogens is 252 g/mol. The molecule has 0 aliphatic carbocycles. The number of phenols is 1. The number of likely N-dealkylation sites (tertiary alicyclic amines) is 1. The molecule has 2 fully saturated rings. The Labute approximate surface area is 111 Å². The lowest BCUT2D eigenvalue weighted by molar-refractivity contribution is 0.0737. The van der Waals surface area contributed by atoms with Crippen molar-refractivity contribution in [2.75, 3.05) is 19.6 Å². The molecule has 0 radical (unpaired) electrons. The molecule has 2 N–H and O–H groups in total. The third-order valence-electron chi connectivity index (χ3n) is 3.90. The van der Waals surface area contributed by atoms with Crippen LogP contribution < -0.4 is 5.32 Å². The van der Waals surface area contributed by atoms with Gasteiger partial charge in [0.25, 0.3) is 5.91 Å². The van der Waals surface area contributed by atoms with Gasteiger partial charge in [-0.25, -0.2) is 0 Å². The van der Waals surface area contributed by atoms with Crippen LogP contribution in [-0.4, -0.2) is 41.6 Å². The van der Waals surface area contributed by atoms with Crippen LogP contribution in [0.4, 0.5) is 0 Å². The van der Waals surface area contributed by atoms with Gasteiger partial charge in [0, 0.05) is 31.2 Å². The molecule has 2 aliphatic rings. The van der Waals surface area contributed by atoms with Gasteiger partial charge in [0.15, 0.2) is 0 Å². The number of fused-ring (bicyclic) bond motifs is 1. The molecule has 3 rings (SSSR count). The standard InChI is InChI=1S/C13H15ClN2O2/c14-10-5-8(1-2-12(10)17)13(18)16-4-3-9-6-15-7-11(9)16/h1-2,5,9,11,15,17H,3-4,6-7H2/t9-,11+/m0/s1. The number of carbonyl (C=O) groups excluding carboxylic acids is 1. The third kappa shape index (κ3) is 1.85. The van der Waals surface area contributed by atoms with E-state index in [2.05, 4.69) is 5.32 Å². The predicted molar refractivity (Wildman–Crippen MR) is 68.9 cm³/mol. The topological polar surface area (TPSA) is 52.6 Å². The lowest BCUT2D eigenvalue weighted by Gasteiger charge is -2.23. The summed E-state index contributed by atoms with van der Waals surface area (Å²) in [6, 6.07) is 4.94. The minimum atomic E-state index is 0.00750. The van der Waals surface area contributed by atoms with Crippen molar-refractivity contribution in [3.05, 3.63) is 28.8 Å². The van der Waals surface area contributed by atoms with Gasteiger partial charge < -0.3 is 15.3 Å². The van der Waals surface area contributed by atoms with Gasteiger partial charge in [0.1, 0.15) is 5.75 Å². The second-order valence-electron chi connectivity index (χ2n) is 4.94. The zero-order chi connectivity index (χ0) is 12.7. The number of hydrogen-bond acceptors (Lipinski definition) is 3. The second kappa shape index (κ2) is 4.44. The van der Waals surface area contributed by atoms with E-state index in [4.69, 9.17) is 11.6 Å². The summed E-state index contributed by atoms with van der Waals surface area (Å²) in [4.78, 5) is 14.3. The van der Waals surface area contributed by atoms with E-state index in [1.807, 2.05) is 4.90 Å². The van der Waals surface area contributed by atoms with E-state index in [0.29, 0.717) is 17.5 Å². The molecule has 1 aromatic carbocycles. The molecule has 0 aromatic heterocycles. The van der Waals surface area contributed by atoms with Crippen molar-refractivity contribution in [1.82, 2.24) is 10.2 Å². The first-order valence-corrected chi connectivity index (χ1v) is 6.55. The molecule has 1 aromatic rings. The van der Waals surface area contributed by atoms with Gasteiger partial charge in [0.05, 0.1) is 5.02 Å². The number of rotatable bonds is 1. The fourth-order valence-corrected chi connectivity index (χ4v) is 3.09. The summed E-state index contributed by atoms with van der Waals surface area (Å²) in [6.07, 6.45) is 1.06. The monoisotopic (exact) mass is 266 g/mol. The molecule has 4 nitrogen and oxygen atoms in total. The van der Waals surface area contributed by atoms with Gasteiger partial charge in [-0.1, -0.05) is 11.6 Å². The molecule has 2 aliphatic heterocycles. The summed E-state index contributed by atoms with van der Waals surface area (Å²) in [7, 11) is 0. The van der Waals surface area contributed by atoms with E-state index in [1.54, 1.807) is 6.07 Å². The Hall–Kier alpha value is -1.26. The molecule has 2 heterocycles. The first kappa shape index (κ1) is 11.8. The van der Waals surface area contributed by atoms with Gasteiger partial charge in [-0.05, 0) is 30.5 Å². The average Bonchev–Trinajstić information content (AvgIpc) is 2.93. The van der Waals surface area contributed by atoms with Crippen molar-refractivity contribution in [2.24, 2.45) is 5.92 Å². The molecule has 1 amide bonds. The number of benzene rings is 1. The van der Waals surface area contributed by atoms with Gasteiger partial charge >= 0.3 is 0 Å². The Morgan fingerprint density at radius 3 is 3.06 bits per heavy atom. The van der Waals surface area contributed by atoms with Crippen molar-refractivity contribution in [3.63, 3.8) is 0 Å². The molecule has 96 valence electrons. The summed E-state index contributed by atoms with van der Waals surface area (Å²) in [5.74, 6) is 0.602. The highest BCUT2D eigenvalue weighted by molar-refractivity contribution is 6.32. The fourth-order valence-electron chi connectivity index (χ4n) is 2.91. The molecule has 18 heavy (non-hydrogen) atoms. The molecule has 0 bridgehead atoms. The maximum Gasteiger partial charge on any atom is 0.254 e. The first-order chi connectivity index (χ1) is 8.66. The number of halogens is 1. The molecule has 2 atom stereocenters. The van der Waals surface area contributed by atoms with Crippen LogP contribution in [0.25, 0.3) is 0 Å². The zero-order valence-corrected chi connectivity index (χ0v) is 10.7. The fraction of sp³-hybridized carbons (Fsp3) is 0.462. The number of nitrogens with zero attached hydrogens (tertiary/aromatic N) is 1. The van der Waals surface area contributed by atoms with Gasteiger partial charge in [0.2, 0.25) is 0 Å². The Kier molecular flexibility index (Phi) is 2.92. The van der Waals surface area contributed by atoms with Gasteiger partial charge in [-0.15, -0.1) is 0 Å². The largest absolute Gasteiger partial charge is 0.506 e. The number of phenolic OH excluding ortho intramolecular Hbond substituents is 1. The SMILES string of the molecule is O=C(c1ccc(O)c(Cl)c1)N1CC[C@H]2CNC[C@H]21. The van der Waals surface area contributed by atoms with Crippen LogP contribution in [0.5, 0.6) is 5.75 Å². The number of nitrogens with one attached hydrogen (secondary N) is 1. The lowest BCUT2D eigenvalue weighted by atomic mass is 10.0. The van der Waals surface area contributed by atoms with E-state index in [0.717, 1.165) is 26.1 Å². The normalized spacial score (nSPS) is 26.4. The minimum Gasteiger partial charge on any atom is -0.506 e. The van der Waals surface area contributed by atoms with Crippen molar-refractivity contribution >= 4 is 17.5 Å². The quantitative estimate of drug-likeness (QED) is 0.810. The third-order valence-corrected chi connectivity index (χ3v) is 4.20. The van der Waals surface area contributed by atoms with E-state index in [-0.39, 0.29) is 16.7 Å². The Bertz CT molecular complexity index is 492.